The molecule has 1 aromatic carbocycles. The van der Waals surface area contributed by atoms with Crippen molar-refractivity contribution < 1.29 is 18.0 Å². The molecule has 0 N–H and O–H groups in total. The van der Waals surface area contributed by atoms with Crippen molar-refractivity contribution in [2.24, 2.45) is 11.8 Å². The minimum atomic E-state index is -4.33. The van der Waals surface area contributed by atoms with E-state index in [0.29, 0.717) is 31.5 Å². The minimum absolute atomic E-state index is 0.104. The Bertz CT molecular complexity index is 795. The van der Waals surface area contributed by atoms with Crippen LogP contribution < -0.4 is 0 Å². The lowest BCUT2D eigenvalue weighted by Crippen LogP contribution is -2.31. The molecule has 3 atom stereocenters. The topological polar surface area (TPSA) is 46.1 Å². The van der Waals surface area contributed by atoms with Crippen LogP contribution in [-0.4, -0.2) is 33.9 Å². The van der Waals surface area contributed by atoms with Gasteiger partial charge in [-0.3, -0.25) is 4.79 Å². The molecule has 0 spiro atoms. The molecule has 1 aliphatic carbocycles. The maximum atomic E-state index is 13.3. The molecule has 26 heavy (non-hydrogen) atoms. The van der Waals surface area contributed by atoms with Crippen molar-refractivity contribution in [1.82, 2.24) is 14.9 Å². The Balaban J connectivity index is 1.47. The molecule has 0 unspecified atom stereocenters. The van der Waals surface area contributed by atoms with Crippen LogP contribution in [0, 0.1) is 11.8 Å². The number of fused-ring (bicyclic) bond motifs is 1. The van der Waals surface area contributed by atoms with Gasteiger partial charge >= 0.3 is 6.18 Å². The summed E-state index contributed by atoms with van der Waals surface area (Å²) in [5.74, 6) is 0.328. The standard InChI is InChI=1S/C19H18F3N3O/c20-19(21,22)16-5-2-1-4-15(16)12-8-13-10-25(11-14(13)9-12)18(26)17-23-6-3-7-24-17/h1-7,12-14H,8-11H2/t12-,13-,14+. The first-order valence-corrected chi connectivity index (χ1v) is 8.66. The summed E-state index contributed by atoms with van der Waals surface area (Å²) in [6.07, 6.45) is 0.0811. The largest absolute Gasteiger partial charge is 0.416 e. The first-order valence-electron chi connectivity index (χ1n) is 8.66. The van der Waals surface area contributed by atoms with Gasteiger partial charge < -0.3 is 4.90 Å². The Kier molecular flexibility index (Phi) is 4.17. The van der Waals surface area contributed by atoms with Crippen molar-refractivity contribution >= 4 is 5.91 Å². The second-order valence-electron chi connectivity index (χ2n) is 7.06. The summed E-state index contributed by atoms with van der Waals surface area (Å²) in [5, 5.41) is 0. The zero-order valence-corrected chi connectivity index (χ0v) is 14.0. The third kappa shape index (κ3) is 3.06. The number of hydrogen-bond donors (Lipinski definition) is 0. The average Bonchev–Trinajstić information content (AvgIpc) is 3.20. The lowest BCUT2D eigenvalue weighted by atomic mass is 9.91. The summed E-state index contributed by atoms with van der Waals surface area (Å²) in [6, 6.07) is 7.50. The van der Waals surface area contributed by atoms with Gasteiger partial charge in [0.05, 0.1) is 5.56 Å². The highest BCUT2D eigenvalue weighted by molar-refractivity contribution is 5.90. The molecule has 4 rings (SSSR count). The van der Waals surface area contributed by atoms with E-state index in [1.54, 1.807) is 23.1 Å². The van der Waals surface area contributed by atoms with Crippen molar-refractivity contribution in [1.29, 1.82) is 0 Å². The van der Waals surface area contributed by atoms with Crippen molar-refractivity contribution in [2.75, 3.05) is 13.1 Å². The third-order valence-corrected chi connectivity index (χ3v) is 5.50. The SMILES string of the molecule is O=C(c1ncccn1)N1C[C@H]2C[C@@H](c3ccccc3C(F)(F)F)C[C@H]2C1. The van der Waals surface area contributed by atoms with E-state index in [-0.39, 0.29) is 29.5 Å². The van der Waals surface area contributed by atoms with Gasteiger partial charge in [-0.2, -0.15) is 13.2 Å². The van der Waals surface area contributed by atoms with E-state index in [4.69, 9.17) is 0 Å². The van der Waals surface area contributed by atoms with Gasteiger partial charge in [0.15, 0.2) is 0 Å². The second kappa shape index (κ2) is 6.37. The van der Waals surface area contributed by atoms with Crippen LogP contribution in [0.3, 0.4) is 0 Å². The average molecular weight is 361 g/mol. The van der Waals surface area contributed by atoms with Gasteiger partial charge in [-0.05, 0) is 48.3 Å². The van der Waals surface area contributed by atoms with Crippen molar-refractivity contribution in [3.8, 4) is 0 Å². The molecular formula is C19H18F3N3O. The molecule has 2 fully saturated rings. The fourth-order valence-electron chi connectivity index (χ4n) is 4.38. The van der Waals surface area contributed by atoms with Gasteiger partial charge in [0, 0.05) is 25.5 Å². The van der Waals surface area contributed by atoms with Crippen LogP contribution in [-0.2, 0) is 6.18 Å². The molecule has 1 aliphatic heterocycles. The van der Waals surface area contributed by atoms with E-state index in [1.807, 2.05) is 0 Å². The number of carbonyl (C=O) groups excluding carboxylic acids is 1. The number of rotatable bonds is 2. The summed E-state index contributed by atoms with van der Waals surface area (Å²) < 4.78 is 39.8. The number of nitrogens with zero attached hydrogens (tertiary/aromatic N) is 3. The number of hydrogen-bond acceptors (Lipinski definition) is 3. The Labute approximate surface area is 149 Å². The fraction of sp³-hybridized carbons (Fsp3) is 0.421. The highest BCUT2D eigenvalue weighted by Gasteiger charge is 2.45. The van der Waals surface area contributed by atoms with E-state index in [0.717, 1.165) is 6.07 Å². The molecule has 1 saturated carbocycles. The van der Waals surface area contributed by atoms with Crippen LogP contribution in [0.4, 0.5) is 13.2 Å². The van der Waals surface area contributed by atoms with E-state index in [1.165, 1.54) is 18.5 Å². The third-order valence-electron chi connectivity index (χ3n) is 5.50. The van der Waals surface area contributed by atoms with E-state index in [9.17, 15) is 18.0 Å². The van der Waals surface area contributed by atoms with Crippen molar-refractivity contribution in [2.45, 2.75) is 24.9 Å². The molecule has 2 heterocycles. The number of likely N-dealkylation sites (tertiary alicyclic amines) is 1. The summed E-state index contributed by atoms with van der Waals surface area (Å²) in [4.78, 5) is 22.2. The Morgan fingerprint density at radius 1 is 1.00 bits per heavy atom. The molecule has 4 nitrogen and oxygen atoms in total. The van der Waals surface area contributed by atoms with Gasteiger partial charge in [-0.15, -0.1) is 0 Å². The first kappa shape index (κ1) is 17.0. The summed E-state index contributed by atoms with van der Waals surface area (Å²) in [6.45, 7) is 1.12. The quantitative estimate of drug-likeness (QED) is 0.818. The normalized spacial score (nSPS) is 25.3. The Hall–Kier alpha value is -2.44. The molecule has 1 saturated heterocycles. The summed E-state index contributed by atoms with van der Waals surface area (Å²) in [7, 11) is 0. The molecule has 0 bridgehead atoms. The first-order chi connectivity index (χ1) is 12.4. The zero-order chi connectivity index (χ0) is 18.3. The predicted molar refractivity (Wildman–Crippen MR) is 88.3 cm³/mol. The molecule has 1 amide bonds. The van der Waals surface area contributed by atoms with Crippen LogP contribution in [0.25, 0.3) is 0 Å². The molecule has 136 valence electrons. The Morgan fingerprint density at radius 3 is 2.23 bits per heavy atom. The van der Waals surface area contributed by atoms with Gasteiger partial charge in [0.2, 0.25) is 5.82 Å². The van der Waals surface area contributed by atoms with E-state index in [2.05, 4.69) is 9.97 Å². The molecular weight excluding hydrogens is 343 g/mol. The van der Waals surface area contributed by atoms with Crippen molar-refractivity contribution in [3.63, 3.8) is 0 Å². The number of carbonyl (C=O) groups is 1. The van der Waals surface area contributed by atoms with Gasteiger partial charge in [-0.25, -0.2) is 9.97 Å². The Morgan fingerprint density at radius 2 is 1.62 bits per heavy atom. The lowest BCUT2D eigenvalue weighted by molar-refractivity contribution is -0.138. The molecule has 7 heteroatoms. The van der Waals surface area contributed by atoms with Crippen LogP contribution in [0.1, 0.15) is 40.5 Å². The van der Waals surface area contributed by atoms with Gasteiger partial charge in [-0.1, -0.05) is 18.2 Å². The van der Waals surface area contributed by atoms with Gasteiger partial charge in [0.25, 0.3) is 5.91 Å². The predicted octanol–water partition coefficient (Wildman–Crippen LogP) is 3.76. The molecule has 0 radical (unpaired) electrons. The minimum Gasteiger partial charge on any atom is -0.335 e. The van der Waals surface area contributed by atoms with Crippen LogP contribution in [0.5, 0.6) is 0 Å². The summed E-state index contributed by atoms with van der Waals surface area (Å²) in [5.41, 5.74) is -0.144. The van der Waals surface area contributed by atoms with Gasteiger partial charge in [0.1, 0.15) is 0 Å². The molecule has 2 aromatic rings. The number of halogens is 3. The number of amides is 1. The number of aromatic nitrogens is 2. The van der Waals surface area contributed by atoms with E-state index >= 15 is 0 Å². The van der Waals surface area contributed by atoms with Crippen LogP contribution >= 0.6 is 0 Å². The monoisotopic (exact) mass is 361 g/mol. The zero-order valence-electron chi connectivity index (χ0n) is 14.0. The maximum absolute atomic E-state index is 13.3. The smallest absolute Gasteiger partial charge is 0.335 e. The van der Waals surface area contributed by atoms with E-state index < -0.39 is 11.7 Å². The summed E-state index contributed by atoms with van der Waals surface area (Å²) >= 11 is 0. The second-order valence-corrected chi connectivity index (χ2v) is 7.06. The van der Waals surface area contributed by atoms with Crippen LogP contribution in [0.2, 0.25) is 0 Å². The lowest BCUT2D eigenvalue weighted by Gasteiger charge is -2.21. The van der Waals surface area contributed by atoms with Crippen LogP contribution in [0.15, 0.2) is 42.7 Å². The highest BCUT2D eigenvalue weighted by Crippen LogP contribution is 2.48. The highest BCUT2D eigenvalue weighted by atomic mass is 19.4. The fourth-order valence-corrected chi connectivity index (χ4v) is 4.38. The molecule has 2 aliphatic rings. The molecule has 1 aromatic heterocycles. The van der Waals surface area contributed by atoms with Crippen molar-refractivity contribution in [3.05, 3.63) is 59.7 Å². The maximum Gasteiger partial charge on any atom is 0.416 e. The number of benzene rings is 1. The number of alkyl halides is 3.